The van der Waals surface area contributed by atoms with E-state index in [2.05, 4.69) is 33.6 Å². The first-order valence-electron chi connectivity index (χ1n) is 4.19. The summed E-state index contributed by atoms with van der Waals surface area (Å²) in [6.07, 6.45) is 2.26. The van der Waals surface area contributed by atoms with E-state index in [1.807, 2.05) is 18.2 Å². The van der Waals surface area contributed by atoms with Crippen LogP contribution >= 0.6 is 15.9 Å². The molecule has 2 nitrogen and oxygen atoms in total. The van der Waals surface area contributed by atoms with Crippen LogP contribution in [0.1, 0.15) is 31.5 Å². The second-order valence-corrected chi connectivity index (χ2v) is 3.68. The molecule has 0 aliphatic heterocycles. The van der Waals surface area contributed by atoms with Crippen LogP contribution in [0.5, 0.6) is 0 Å². The molecule has 1 rings (SSSR count). The van der Waals surface area contributed by atoms with Crippen molar-refractivity contribution in [2.45, 2.75) is 25.8 Å². The summed E-state index contributed by atoms with van der Waals surface area (Å²) in [7, 11) is 0. The summed E-state index contributed by atoms with van der Waals surface area (Å²) in [5.74, 6) is 0. The maximum absolute atomic E-state index is 4.35. The maximum Gasteiger partial charge on any atom is 0.127 e. The standard InChI is InChI=1S/C9H13BrN2/c1-2-4-7(11)8-5-3-6-9(10)12-8/h3,5-7H,2,4,11H2,1H3/p+1. The van der Waals surface area contributed by atoms with Gasteiger partial charge in [0.05, 0.1) is 5.69 Å². The zero-order valence-electron chi connectivity index (χ0n) is 7.26. The third-order valence-electron chi connectivity index (χ3n) is 1.79. The lowest BCUT2D eigenvalue weighted by molar-refractivity contribution is -0.429. The largest absolute Gasteiger partial charge is 0.350 e. The Hall–Kier alpha value is -0.410. The Morgan fingerprint density at radius 2 is 2.33 bits per heavy atom. The molecular weight excluding hydrogens is 216 g/mol. The summed E-state index contributed by atoms with van der Waals surface area (Å²) in [6.45, 7) is 2.16. The molecule has 0 spiro atoms. The van der Waals surface area contributed by atoms with Crippen LogP contribution in [0.2, 0.25) is 0 Å². The Bertz CT molecular complexity index is 250. The smallest absolute Gasteiger partial charge is 0.127 e. The predicted molar refractivity (Wildman–Crippen MR) is 52.5 cm³/mol. The molecule has 1 aromatic rings. The number of hydrogen-bond acceptors (Lipinski definition) is 1. The maximum atomic E-state index is 4.35. The van der Waals surface area contributed by atoms with Crippen LogP contribution in [-0.4, -0.2) is 4.98 Å². The van der Waals surface area contributed by atoms with Gasteiger partial charge in [0.1, 0.15) is 10.6 Å². The minimum Gasteiger partial charge on any atom is -0.350 e. The van der Waals surface area contributed by atoms with E-state index in [9.17, 15) is 0 Å². The molecule has 0 saturated carbocycles. The van der Waals surface area contributed by atoms with Gasteiger partial charge in [-0.3, -0.25) is 0 Å². The first kappa shape index (κ1) is 9.68. The molecule has 0 fully saturated rings. The predicted octanol–water partition coefficient (Wildman–Crippen LogP) is 1.93. The average Bonchev–Trinajstić information content (AvgIpc) is 2.05. The summed E-state index contributed by atoms with van der Waals surface area (Å²) in [5.41, 5.74) is 5.13. The van der Waals surface area contributed by atoms with Gasteiger partial charge in [0.2, 0.25) is 0 Å². The number of hydrogen-bond donors (Lipinski definition) is 1. The van der Waals surface area contributed by atoms with Gasteiger partial charge in [-0.25, -0.2) is 4.98 Å². The first-order valence-corrected chi connectivity index (χ1v) is 4.99. The highest BCUT2D eigenvalue weighted by Gasteiger charge is 2.09. The highest BCUT2D eigenvalue weighted by Crippen LogP contribution is 2.13. The van der Waals surface area contributed by atoms with Crippen molar-refractivity contribution in [3.05, 3.63) is 28.5 Å². The minimum atomic E-state index is 0.326. The minimum absolute atomic E-state index is 0.326. The van der Waals surface area contributed by atoms with Gasteiger partial charge in [0.15, 0.2) is 0 Å². The molecule has 1 heterocycles. The van der Waals surface area contributed by atoms with E-state index < -0.39 is 0 Å². The van der Waals surface area contributed by atoms with Crippen molar-refractivity contribution in [3.63, 3.8) is 0 Å². The molecular formula is C9H14BrN2+. The molecule has 0 radical (unpaired) electrons. The molecule has 3 heteroatoms. The molecule has 0 aliphatic carbocycles. The summed E-state index contributed by atoms with van der Waals surface area (Å²) in [5, 5.41) is 0. The quantitative estimate of drug-likeness (QED) is 0.792. The average molecular weight is 230 g/mol. The second kappa shape index (κ2) is 4.58. The molecule has 3 N–H and O–H groups in total. The zero-order valence-corrected chi connectivity index (χ0v) is 8.84. The summed E-state index contributed by atoms with van der Waals surface area (Å²) in [4.78, 5) is 4.35. The third kappa shape index (κ3) is 2.57. The van der Waals surface area contributed by atoms with Gasteiger partial charge in [-0.05, 0) is 28.1 Å². The molecule has 66 valence electrons. The van der Waals surface area contributed by atoms with Gasteiger partial charge in [-0.1, -0.05) is 19.4 Å². The fraction of sp³-hybridized carbons (Fsp3) is 0.444. The molecule has 0 amide bonds. The van der Waals surface area contributed by atoms with Gasteiger partial charge < -0.3 is 5.73 Å². The Morgan fingerprint density at radius 3 is 2.92 bits per heavy atom. The van der Waals surface area contributed by atoms with E-state index in [0.29, 0.717) is 6.04 Å². The second-order valence-electron chi connectivity index (χ2n) is 2.87. The number of aromatic nitrogens is 1. The van der Waals surface area contributed by atoms with E-state index in [1.165, 1.54) is 0 Å². The van der Waals surface area contributed by atoms with Gasteiger partial charge in [-0.2, -0.15) is 0 Å². The van der Waals surface area contributed by atoms with Crippen LogP contribution in [-0.2, 0) is 0 Å². The Balaban J connectivity index is 2.73. The van der Waals surface area contributed by atoms with Crippen LogP contribution in [0.15, 0.2) is 22.8 Å². The fourth-order valence-corrected chi connectivity index (χ4v) is 1.51. The molecule has 0 aliphatic rings. The molecule has 12 heavy (non-hydrogen) atoms. The van der Waals surface area contributed by atoms with E-state index in [-0.39, 0.29) is 0 Å². The molecule has 0 saturated heterocycles. The highest BCUT2D eigenvalue weighted by molar-refractivity contribution is 9.10. The van der Waals surface area contributed by atoms with Crippen molar-refractivity contribution in [3.8, 4) is 0 Å². The van der Waals surface area contributed by atoms with Crippen LogP contribution in [0, 0.1) is 0 Å². The third-order valence-corrected chi connectivity index (χ3v) is 2.23. The molecule has 1 aromatic heterocycles. The van der Waals surface area contributed by atoms with Gasteiger partial charge >= 0.3 is 0 Å². The fourth-order valence-electron chi connectivity index (χ4n) is 1.15. The van der Waals surface area contributed by atoms with Crippen LogP contribution in [0.4, 0.5) is 0 Å². The van der Waals surface area contributed by atoms with Crippen molar-refractivity contribution in [2.24, 2.45) is 0 Å². The summed E-state index contributed by atoms with van der Waals surface area (Å²) < 4.78 is 0.893. The first-order chi connectivity index (χ1) is 5.74. The highest BCUT2D eigenvalue weighted by atomic mass is 79.9. The SMILES string of the molecule is CCCC([NH3+])c1cccc(Br)n1. The van der Waals surface area contributed by atoms with Crippen molar-refractivity contribution in [1.29, 1.82) is 0 Å². The van der Waals surface area contributed by atoms with E-state index in [1.54, 1.807) is 0 Å². The monoisotopic (exact) mass is 229 g/mol. The number of nitrogens with zero attached hydrogens (tertiary/aromatic N) is 1. The van der Waals surface area contributed by atoms with E-state index in [0.717, 1.165) is 23.1 Å². The zero-order chi connectivity index (χ0) is 8.97. The van der Waals surface area contributed by atoms with Gasteiger partial charge in [-0.15, -0.1) is 0 Å². The lowest BCUT2D eigenvalue weighted by Gasteiger charge is -2.05. The lowest BCUT2D eigenvalue weighted by Crippen LogP contribution is -2.53. The van der Waals surface area contributed by atoms with Crippen molar-refractivity contribution in [1.82, 2.24) is 4.98 Å². The molecule has 0 bridgehead atoms. The summed E-state index contributed by atoms with van der Waals surface area (Å²) >= 11 is 3.34. The number of rotatable bonds is 3. The Morgan fingerprint density at radius 1 is 1.58 bits per heavy atom. The number of halogens is 1. The van der Waals surface area contributed by atoms with E-state index in [4.69, 9.17) is 0 Å². The number of pyridine rings is 1. The van der Waals surface area contributed by atoms with Crippen molar-refractivity contribution < 1.29 is 5.73 Å². The van der Waals surface area contributed by atoms with Gasteiger partial charge in [0.25, 0.3) is 0 Å². The summed E-state index contributed by atoms with van der Waals surface area (Å²) in [6, 6.07) is 6.29. The van der Waals surface area contributed by atoms with Crippen LogP contribution in [0.3, 0.4) is 0 Å². The normalized spacial score (nSPS) is 12.9. The van der Waals surface area contributed by atoms with Gasteiger partial charge in [0, 0.05) is 6.42 Å². The van der Waals surface area contributed by atoms with Crippen molar-refractivity contribution in [2.75, 3.05) is 0 Å². The Labute approximate surface area is 81.3 Å². The van der Waals surface area contributed by atoms with Crippen molar-refractivity contribution >= 4 is 15.9 Å². The number of quaternary nitrogens is 1. The van der Waals surface area contributed by atoms with Crippen LogP contribution in [0.25, 0.3) is 0 Å². The molecule has 1 atom stereocenters. The lowest BCUT2D eigenvalue weighted by atomic mass is 10.1. The molecule has 1 unspecified atom stereocenters. The topological polar surface area (TPSA) is 40.5 Å². The van der Waals surface area contributed by atoms with E-state index >= 15 is 0 Å². The molecule has 0 aromatic carbocycles. The Kier molecular flexibility index (Phi) is 3.69. The van der Waals surface area contributed by atoms with Crippen LogP contribution < -0.4 is 5.73 Å².